The molecule has 1 heterocycles. The molecule has 2 aromatic carbocycles. The second kappa shape index (κ2) is 8.22. The average Bonchev–Trinajstić information content (AvgIpc) is 2.68. The van der Waals surface area contributed by atoms with Crippen LogP contribution in [0, 0.1) is 5.82 Å². The van der Waals surface area contributed by atoms with Crippen molar-refractivity contribution in [3.63, 3.8) is 0 Å². The molecular weight excluding hydrogens is 386 g/mol. The molecular formula is C21H16F4N3O+. The normalized spacial score (nSPS) is 12.0. The van der Waals surface area contributed by atoms with Crippen LogP contribution in [-0.4, -0.2) is 11.0 Å². The predicted molar refractivity (Wildman–Crippen MR) is 99.3 cm³/mol. The first-order valence-corrected chi connectivity index (χ1v) is 8.54. The summed E-state index contributed by atoms with van der Waals surface area (Å²) in [5.41, 5.74) is 3.01. The Morgan fingerprint density at radius 2 is 1.83 bits per heavy atom. The number of carbonyl (C=O) groups is 1. The molecule has 29 heavy (non-hydrogen) atoms. The summed E-state index contributed by atoms with van der Waals surface area (Å²) >= 11 is 0. The molecule has 0 aliphatic heterocycles. The zero-order valence-corrected chi connectivity index (χ0v) is 15.2. The van der Waals surface area contributed by atoms with Crippen molar-refractivity contribution >= 4 is 12.0 Å². The molecule has 3 rings (SSSR count). The Labute approximate surface area is 164 Å². The van der Waals surface area contributed by atoms with Gasteiger partial charge < -0.3 is 0 Å². The van der Waals surface area contributed by atoms with E-state index in [1.54, 1.807) is 31.3 Å². The number of nitrogens with zero attached hydrogens (tertiary/aromatic N) is 2. The fraction of sp³-hybridized carbons (Fsp3) is 0.0952. The summed E-state index contributed by atoms with van der Waals surface area (Å²) in [7, 11) is 0. The van der Waals surface area contributed by atoms with Crippen LogP contribution in [0.5, 0.6) is 0 Å². The first-order valence-electron chi connectivity index (χ1n) is 8.54. The van der Waals surface area contributed by atoms with Gasteiger partial charge >= 0.3 is 12.1 Å². The lowest BCUT2D eigenvalue weighted by Gasteiger charge is -2.09. The fourth-order valence-electron chi connectivity index (χ4n) is 2.60. The summed E-state index contributed by atoms with van der Waals surface area (Å²) in [6.07, 6.45) is 0.119. The predicted octanol–water partition coefficient (Wildman–Crippen LogP) is 4.37. The van der Waals surface area contributed by atoms with Crippen molar-refractivity contribution < 1.29 is 27.1 Å². The van der Waals surface area contributed by atoms with E-state index < -0.39 is 23.5 Å². The van der Waals surface area contributed by atoms with Crippen molar-refractivity contribution in [3.8, 4) is 11.1 Å². The number of hydrogen-bond acceptors (Lipinski definition) is 2. The van der Waals surface area contributed by atoms with Crippen LogP contribution in [0.15, 0.2) is 72.6 Å². The van der Waals surface area contributed by atoms with Crippen LogP contribution in [0.2, 0.25) is 0 Å². The molecule has 0 atom stereocenters. The molecule has 1 aromatic heterocycles. The lowest BCUT2D eigenvalue weighted by Crippen LogP contribution is -2.51. The zero-order valence-electron chi connectivity index (χ0n) is 15.2. The summed E-state index contributed by atoms with van der Waals surface area (Å²) in [6.45, 7) is 1.57. The topological polar surface area (TPSA) is 45.9 Å². The third-order valence-corrected chi connectivity index (χ3v) is 4.09. The molecule has 1 amide bonds. The number of rotatable bonds is 4. The second-order valence-corrected chi connectivity index (χ2v) is 6.23. The highest BCUT2D eigenvalue weighted by molar-refractivity contribution is 6.01. The van der Waals surface area contributed by atoms with Crippen molar-refractivity contribution in [2.75, 3.05) is 5.43 Å². The maximum Gasteiger partial charge on any atom is 0.416 e. The van der Waals surface area contributed by atoms with Crippen LogP contribution in [0.4, 0.5) is 17.6 Å². The smallest absolute Gasteiger partial charge is 0.264 e. The van der Waals surface area contributed by atoms with Gasteiger partial charge in [0.05, 0.1) is 11.8 Å². The Hall–Kier alpha value is -3.55. The number of benzene rings is 2. The monoisotopic (exact) mass is 402 g/mol. The average molecular weight is 402 g/mol. The van der Waals surface area contributed by atoms with Gasteiger partial charge in [0, 0.05) is 27.1 Å². The van der Waals surface area contributed by atoms with Gasteiger partial charge in [-0.25, -0.2) is 4.39 Å². The molecule has 0 aliphatic carbocycles. The summed E-state index contributed by atoms with van der Waals surface area (Å²) in [5, 5.41) is 3.92. The highest BCUT2D eigenvalue weighted by Crippen LogP contribution is 2.31. The number of hydrogen-bond donors (Lipinski definition) is 1. The summed E-state index contributed by atoms with van der Waals surface area (Å²) < 4.78 is 52.5. The van der Waals surface area contributed by atoms with Crippen LogP contribution in [0.3, 0.4) is 0 Å². The first kappa shape index (κ1) is 20.2. The quantitative estimate of drug-likeness (QED) is 0.400. The summed E-state index contributed by atoms with van der Waals surface area (Å²) in [6, 6.07) is 11.9. The van der Waals surface area contributed by atoms with E-state index in [0.717, 1.165) is 12.1 Å². The Morgan fingerprint density at radius 3 is 2.41 bits per heavy atom. The minimum atomic E-state index is -4.45. The molecule has 0 radical (unpaired) electrons. The number of alkyl halides is 3. The van der Waals surface area contributed by atoms with Crippen molar-refractivity contribution in [1.82, 2.24) is 5.10 Å². The van der Waals surface area contributed by atoms with Gasteiger partial charge in [0.2, 0.25) is 6.20 Å². The van der Waals surface area contributed by atoms with Crippen molar-refractivity contribution in [2.24, 2.45) is 0 Å². The maximum absolute atomic E-state index is 14.5. The molecule has 0 unspecified atom stereocenters. The number of aromatic nitrogens is 2. The number of amides is 1. The number of halogens is 4. The fourth-order valence-corrected chi connectivity index (χ4v) is 2.60. The van der Waals surface area contributed by atoms with E-state index in [4.69, 9.17) is 0 Å². The molecule has 0 bridgehead atoms. The zero-order chi connectivity index (χ0) is 21.0. The van der Waals surface area contributed by atoms with E-state index >= 15 is 0 Å². The molecule has 0 spiro atoms. The third-order valence-electron chi connectivity index (χ3n) is 4.09. The SMILES string of the molecule is C/C(=C\c1ccc(-c2ccc(C(F)(F)F)cc2)c(F)c1)C(=O)N[n+]1ccccn1. The summed E-state index contributed by atoms with van der Waals surface area (Å²) in [5.74, 6) is -1.02. The van der Waals surface area contributed by atoms with E-state index in [0.29, 0.717) is 16.7 Å². The van der Waals surface area contributed by atoms with E-state index in [2.05, 4.69) is 10.5 Å². The van der Waals surface area contributed by atoms with Gasteiger partial charge in [-0.2, -0.15) is 13.2 Å². The Morgan fingerprint density at radius 1 is 1.10 bits per heavy atom. The Bertz CT molecular complexity index is 1050. The molecule has 4 nitrogen and oxygen atoms in total. The number of nitrogens with one attached hydrogen (secondary N) is 1. The van der Waals surface area contributed by atoms with Gasteiger partial charge in [0.15, 0.2) is 0 Å². The van der Waals surface area contributed by atoms with Crippen molar-refractivity contribution in [3.05, 3.63) is 89.5 Å². The van der Waals surface area contributed by atoms with Gasteiger partial charge in [0.1, 0.15) is 5.82 Å². The van der Waals surface area contributed by atoms with Crippen LogP contribution < -0.4 is 10.2 Å². The minimum Gasteiger partial charge on any atom is -0.264 e. The molecule has 0 saturated heterocycles. The highest BCUT2D eigenvalue weighted by atomic mass is 19.4. The van der Waals surface area contributed by atoms with E-state index in [1.807, 2.05) is 0 Å². The molecule has 1 N–H and O–H groups in total. The van der Waals surface area contributed by atoms with Gasteiger partial charge in [-0.3, -0.25) is 4.79 Å². The van der Waals surface area contributed by atoms with Crippen LogP contribution in [0.25, 0.3) is 17.2 Å². The van der Waals surface area contributed by atoms with Crippen molar-refractivity contribution in [2.45, 2.75) is 13.1 Å². The van der Waals surface area contributed by atoms with E-state index in [-0.39, 0.29) is 5.56 Å². The first-order chi connectivity index (χ1) is 13.7. The molecule has 0 fully saturated rings. The van der Waals surface area contributed by atoms with E-state index in [9.17, 15) is 22.4 Å². The largest absolute Gasteiger partial charge is 0.416 e. The number of carbonyl (C=O) groups excluding carboxylic acids is 1. The molecule has 148 valence electrons. The Kier molecular flexibility index (Phi) is 5.72. The molecule has 0 saturated carbocycles. The van der Waals surface area contributed by atoms with Crippen LogP contribution in [0.1, 0.15) is 18.1 Å². The van der Waals surface area contributed by atoms with Gasteiger partial charge in [0.25, 0.3) is 0 Å². The third kappa shape index (κ3) is 5.04. The Balaban J connectivity index is 1.78. The van der Waals surface area contributed by atoms with Crippen LogP contribution >= 0.6 is 0 Å². The maximum atomic E-state index is 14.5. The molecule has 8 heteroatoms. The summed E-state index contributed by atoms with van der Waals surface area (Å²) in [4.78, 5) is 13.4. The van der Waals surface area contributed by atoms with Crippen LogP contribution in [-0.2, 0) is 11.0 Å². The minimum absolute atomic E-state index is 0.169. The van der Waals surface area contributed by atoms with Gasteiger partial charge in [-0.05, 0) is 48.4 Å². The molecule has 3 aromatic rings. The lowest BCUT2D eigenvalue weighted by molar-refractivity contribution is -0.703. The molecule has 0 aliphatic rings. The second-order valence-electron chi connectivity index (χ2n) is 6.23. The highest BCUT2D eigenvalue weighted by Gasteiger charge is 2.30. The lowest BCUT2D eigenvalue weighted by atomic mass is 10.0. The van der Waals surface area contributed by atoms with Crippen molar-refractivity contribution in [1.29, 1.82) is 0 Å². The van der Waals surface area contributed by atoms with E-state index in [1.165, 1.54) is 41.3 Å². The standard InChI is InChI=1S/C21H15F4N3O/c1-14(20(29)27-28-11-3-2-10-26-28)12-15-4-9-18(19(22)13-15)16-5-7-17(8-6-16)21(23,24)25/h2-13H,1H3/p+1/b14-12+. The van der Waals surface area contributed by atoms with Gasteiger partial charge in [-0.15, -0.1) is 0 Å². The van der Waals surface area contributed by atoms with Gasteiger partial charge in [-0.1, -0.05) is 29.7 Å².